The SMILES string of the molecule is CNC(c1ccc2nc(C)ccc2c1)c1cn(C)cn1. The molecule has 2 heterocycles. The summed E-state index contributed by atoms with van der Waals surface area (Å²) in [6, 6.07) is 10.6. The van der Waals surface area contributed by atoms with Crippen LogP contribution in [0.5, 0.6) is 0 Å². The number of fused-ring (bicyclic) bond motifs is 1. The molecule has 0 aliphatic carbocycles. The number of nitrogens with zero attached hydrogens (tertiary/aromatic N) is 3. The van der Waals surface area contributed by atoms with E-state index in [1.807, 2.05) is 44.2 Å². The molecule has 3 rings (SSSR count). The van der Waals surface area contributed by atoms with Crippen LogP contribution in [0.1, 0.15) is 23.0 Å². The number of nitrogens with one attached hydrogen (secondary N) is 1. The molecule has 0 radical (unpaired) electrons. The lowest BCUT2D eigenvalue weighted by atomic mass is 10.0. The van der Waals surface area contributed by atoms with E-state index < -0.39 is 0 Å². The zero-order valence-electron chi connectivity index (χ0n) is 12.0. The van der Waals surface area contributed by atoms with Gasteiger partial charge in [-0.3, -0.25) is 4.98 Å². The van der Waals surface area contributed by atoms with Gasteiger partial charge >= 0.3 is 0 Å². The van der Waals surface area contributed by atoms with Crippen molar-refractivity contribution in [2.24, 2.45) is 7.05 Å². The van der Waals surface area contributed by atoms with Crippen molar-refractivity contribution in [3.63, 3.8) is 0 Å². The van der Waals surface area contributed by atoms with E-state index in [9.17, 15) is 0 Å². The van der Waals surface area contributed by atoms with Crippen LogP contribution in [-0.2, 0) is 7.05 Å². The third-order valence-electron chi connectivity index (χ3n) is 3.50. The average molecular weight is 266 g/mol. The van der Waals surface area contributed by atoms with Crippen LogP contribution in [-0.4, -0.2) is 21.6 Å². The average Bonchev–Trinajstić information content (AvgIpc) is 2.86. The van der Waals surface area contributed by atoms with Crippen molar-refractivity contribution in [2.75, 3.05) is 7.05 Å². The van der Waals surface area contributed by atoms with Gasteiger partial charge in [-0.1, -0.05) is 12.1 Å². The Labute approximate surface area is 118 Å². The summed E-state index contributed by atoms with van der Waals surface area (Å²) in [5.74, 6) is 0. The minimum atomic E-state index is 0.0990. The van der Waals surface area contributed by atoms with Crippen molar-refractivity contribution >= 4 is 10.9 Å². The fourth-order valence-corrected chi connectivity index (χ4v) is 2.49. The Hall–Kier alpha value is -2.20. The zero-order valence-corrected chi connectivity index (χ0v) is 12.0. The van der Waals surface area contributed by atoms with Crippen molar-refractivity contribution in [3.05, 3.63) is 59.8 Å². The fourth-order valence-electron chi connectivity index (χ4n) is 2.49. The van der Waals surface area contributed by atoms with Gasteiger partial charge in [0.25, 0.3) is 0 Å². The lowest BCUT2D eigenvalue weighted by Crippen LogP contribution is -2.18. The Balaban J connectivity index is 2.05. The largest absolute Gasteiger partial charge is 0.340 e. The second-order valence-corrected chi connectivity index (χ2v) is 5.09. The van der Waals surface area contributed by atoms with Gasteiger partial charge in [0.1, 0.15) is 0 Å². The molecule has 0 bridgehead atoms. The maximum atomic E-state index is 4.54. The molecule has 1 N–H and O–H groups in total. The maximum absolute atomic E-state index is 4.54. The molecule has 102 valence electrons. The molecule has 0 saturated carbocycles. The molecule has 0 aliphatic heterocycles. The van der Waals surface area contributed by atoms with Crippen molar-refractivity contribution in [3.8, 4) is 0 Å². The third-order valence-corrected chi connectivity index (χ3v) is 3.50. The van der Waals surface area contributed by atoms with Crippen LogP contribution in [0.3, 0.4) is 0 Å². The van der Waals surface area contributed by atoms with Gasteiger partial charge in [-0.15, -0.1) is 0 Å². The van der Waals surface area contributed by atoms with Crippen LogP contribution in [0.2, 0.25) is 0 Å². The van der Waals surface area contributed by atoms with Crippen LogP contribution in [0, 0.1) is 6.92 Å². The standard InChI is InChI=1S/C16H18N4/c1-11-4-5-12-8-13(6-7-14(12)19-11)16(17-2)15-9-20(3)10-18-15/h4-10,16-17H,1-3H3. The first-order valence-electron chi connectivity index (χ1n) is 6.70. The number of rotatable bonds is 3. The van der Waals surface area contributed by atoms with E-state index in [2.05, 4.69) is 39.6 Å². The molecule has 2 aromatic heterocycles. The summed E-state index contributed by atoms with van der Waals surface area (Å²) in [6.07, 6.45) is 3.87. The van der Waals surface area contributed by atoms with Crippen LogP contribution >= 0.6 is 0 Å². The van der Waals surface area contributed by atoms with Gasteiger partial charge in [-0.05, 0) is 37.7 Å². The van der Waals surface area contributed by atoms with Gasteiger partial charge in [0.2, 0.25) is 0 Å². The second kappa shape index (κ2) is 5.06. The highest BCUT2D eigenvalue weighted by atomic mass is 15.0. The van der Waals surface area contributed by atoms with Crippen LogP contribution in [0.15, 0.2) is 42.9 Å². The molecule has 0 saturated heterocycles. The van der Waals surface area contributed by atoms with Gasteiger partial charge < -0.3 is 9.88 Å². The minimum Gasteiger partial charge on any atom is -0.340 e. The molecule has 0 amide bonds. The normalized spacial score (nSPS) is 12.8. The number of aromatic nitrogens is 3. The van der Waals surface area contributed by atoms with Crippen molar-refractivity contribution in [2.45, 2.75) is 13.0 Å². The summed E-state index contributed by atoms with van der Waals surface area (Å²) < 4.78 is 1.96. The summed E-state index contributed by atoms with van der Waals surface area (Å²) in [6.45, 7) is 2.01. The highest BCUT2D eigenvalue weighted by Crippen LogP contribution is 2.23. The van der Waals surface area contributed by atoms with Crippen LogP contribution in [0.4, 0.5) is 0 Å². The first kappa shape index (κ1) is 12.8. The Morgan fingerprint density at radius 2 is 2.05 bits per heavy atom. The fraction of sp³-hybridized carbons (Fsp3) is 0.250. The first-order valence-corrected chi connectivity index (χ1v) is 6.70. The smallest absolute Gasteiger partial charge is 0.0947 e. The topological polar surface area (TPSA) is 42.7 Å². The summed E-state index contributed by atoms with van der Waals surface area (Å²) >= 11 is 0. The number of hydrogen-bond donors (Lipinski definition) is 1. The predicted octanol–water partition coefficient (Wildman–Crippen LogP) is 2.59. The van der Waals surface area contributed by atoms with E-state index in [0.29, 0.717) is 0 Å². The van der Waals surface area contributed by atoms with Crippen molar-refractivity contribution in [1.29, 1.82) is 0 Å². The first-order chi connectivity index (χ1) is 9.67. The van der Waals surface area contributed by atoms with E-state index in [1.165, 1.54) is 5.56 Å². The monoisotopic (exact) mass is 266 g/mol. The highest BCUT2D eigenvalue weighted by molar-refractivity contribution is 5.79. The molecule has 1 atom stereocenters. The molecular formula is C16H18N4. The summed E-state index contributed by atoms with van der Waals surface area (Å²) in [7, 11) is 3.94. The molecule has 0 aliphatic rings. The number of aryl methyl sites for hydroxylation is 2. The summed E-state index contributed by atoms with van der Waals surface area (Å²) in [5.41, 5.74) is 4.29. The quantitative estimate of drug-likeness (QED) is 0.792. The Bertz CT molecular complexity index is 745. The van der Waals surface area contributed by atoms with Crippen LogP contribution < -0.4 is 5.32 Å². The highest BCUT2D eigenvalue weighted by Gasteiger charge is 2.14. The zero-order chi connectivity index (χ0) is 14.1. The van der Waals surface area contributed by atoms with Gasteiger partial charge in [-0.25, -0.2) is 4.98 Å². The lowest BCUT2D eigenvalue weighted by Gasteiger charge is -2.15. The molecule has 0 fully saturated rings. The Morgan fingerprint density at radius 1 is 1.20 bits per heavy atom. The van der Waals surface area contributed by atoms with Gasteiger partial charge in [0, 0.05) is 24.3 Å². The number of benzene rings is 1. The molecule has 1 aromatic carbocycles. The Kier molecular flexibility index (Phi) is 3.24. The van der Waals surface area contributed by atoms with E-state index in [0.717, 1.165) is 22.3 Å². The van der Waals surface area contributed by atoms with E-state index in [-0.39, 0.29) is 6.04 Å². The van der Waals surface area contributed by atoms with E-state index in [1.54, 1.807) is 0 Å². The van der Waals surface area contributed by atoms with Gasteiger partial charge in [0.05, 0.1) is 23.6 Å². The Morgan fingerprint density at radius 3 is 2.75 bits per heavy atom. The molecule has 0 spiro atoms. The number of hydrogen-bond acceptors (Lipinski definition) is 3. The lowest BCUT2D eigenvalue weighted by molar-refractivity contribution is 0.674. The molecule has 4 nitrogen and oxygen atoms in total. The molecule has 20 heavy (non-hydrogen) atoms. The summed E-state index contributed by atoms with van der Waals surface area (Å²) in [5, 5.41) is 4.48. The second-order valence-electron chi connectivity index (χ2n) is 5.09. The van der Waals surface area contributed by atoms with Crippen molar-refractivity contribution < 1.29 is 0 Å². The number of imidazole rings is 1. The number of pyridine rings is 1. The molecule has 1 unspecified atom stereocenters. The van der Waals surface area contributed by atoms with Crippen LogP contribution in [0.25, 0.3) is 10.9 Å². The van der Waals surface area contributed by atoms with E-state index >= 15 is 0 Å². The predicted molar refractivity (Wildman–Crippen MR) is 80.6 cm³/mol. The van der Waals surface area contributed by atoms with Gasteiger partial charge in [-0.2, -0.15) is 0 Å². The molecular weight excluding hydrogens is 248 g/mol. The molecule has 4 heteroatoms. The molecule has 3 aromatic rings. The van der Waals surface area contributed by atoms with Gasteiger partial charge in [0.15, 0.2) is 0 Å². The maximum Gasteiger partial charge on any atom is 0.0947 e. The third kappa shape index (κ3) is 2.30. The summed E-state index contributed by atoms with van der Waals surface area (Å²) in [4.78, 5) is 8.98. The van der Waals surface area contributed by atoms with E-state index in [4.69, 9.17) is 0 Å². The van der Waals surface area contributed by atoms with Crippen molar-refractivity contribution in [1.82, 2.24) is 19.9 Å². The minimum absolute atomic E-state index is 0.0990.